The van der Waals surface area contributed by atoms with Gasteiger partial charge in [0.1, 0.15) is 12.0 Å². The van der Waals surface area contributed by atoms with Crippen molar-refractivity contribution in [3.63, 3.8) is 0 Å². The molecular formula is C43H48N4O6. The summed E-state index contributed by atoms with van der Waals surface area (Å²) in [6.45, 7) is 5.58. The van der Waals surface area contributed by atoms with Gasteiger partial charge < -0.3 is 33.9 Å². The molecule has 9 saturated heterocycles. The Hall–Kier alpha value is -3.15. The third-order valence-corrected chi connectivity index (χ3v) is 18.1. The van der Waals surface area contributed by atoms with Crippen LogP contribution in [0.15, 0.2) is 53.7 Å². The molecule has 0 aromatic heterocycles. The van der Waals surface area contributed by atoms with Crippen molar-refractivity contribution in [3.05, 3.63) is 64.9 Å². The van der Waals surface area contributed by atoms with E-state index in [1.807, 2.05) is 7.11 Å². The highest BCUT2D eigenvalue weighted by atomic mass is 16.6. The molecule has 0 amide bonds. The standard InChI is InChI=1S/C43H48N4O6/c1-49-29-9-5-7-27-31(29)47-23-40-21-24-20-38-13-18-51-30(38)10-15-45-16-12-42(27,35(38)45)43(24,47)53-37(40)46-17-11-41-26-6-3-4-8-28(26)44-32(41)25(33(48)50-2)22-39(34(41)46)14-19-52-36(39)40/h3-9,24,30,34-37,44H,10-23H2,1-2H3/t24-,30-,34-,35-,36+,37-,38+,39-,40+,41-,42+,43+/m0/s1. The molecule has 2 aliphatic carbocycles. The second kappa shape index (κ2) is 9.10. The number of benzene rings is 2. The van der Waals surface area contributed by atoms with Gasteiger partial charge in [-0.25, -0.2) is 4.79 Å². The van der Waals surface area contributed by atoms with Gasteiger partial charge in [-0.05, 0) is 81.2 Å². The van der Waals surface area contributed by atoms with Gasteiger partial charge in [0.05, 0.1) is 53.9 Å². The Kier molecular flexibility index (Phi) is 5.17. The third-order valence-electron chi connectivity index (χ3n) is 18.1. The van der Waals surface area contributed by atoms with E-state index in [0.29, 0.717) is 31.1 Å². The van der Waals surface area contributed by atoms with Crippen LogP contribution in [-0.2, 0) is 34.6 Å². The highest BCUT2D eigenvalue weighted by molar-refractivity contribution is 5.93. The number of rotatable bonds is 2. The van der Waals surface area contributed by atoms with E-state index < -0.39 is 5.72 Å². The molecule has 0 unspecified atom stereocenters. The zero-order valence-corrected chi connectivity index (χ0v) is 30.7. The van der Waals surface area contributed by atoms with Crippen molar-refractivity contribution < 1.29 is 28.5 Å². The fourth-order valence-electron chi connectivity index (χ4n) is 17.3. The minimum Gasteiger partial charge on any atom is -0.495 e. The molecule has 2 aromatic rings. The number of piperidine rings is 3. The first-order chi connectivity index (χ1) is 25.9. The molecule has 15 rings (SSSR count). The van der Waals surface area contributed by atoms with Crippen LogP contribution in [0.3, 0.4) is 0 Å². The van der Waals surface area contributed by atoms with Crippen molar-refractivity contribution >= 4 is 17.3 Å². The number of nitrogens with one attached hydrogen (secondary N) is 1. The molecule has 6 spiro atoms. The highest BCUT2D eigenvalue weighted by Gasteiger charge is 2.88. The van der Waals surface area contributed by atoms with Gasteiger partial charge in [0.15, 0.2) is 5.72 Å². The Bertz CT molecular complexity index is 2110. The molecule has 2 aromatic carbocycles. The minimum absolute atomic E-state index is 0.0597. The number of carbonyl (C=O) groups is 1. The molecule has 11 aliphatic heterocycles. The van der Waals surface area contributed by atoms with Crippen molar-refractivity contribution in [3.8, 4) is 5.75 Å². The number of methoxy groups -OCH3 is 2. The van der Waals surface area contributed by atoms with E-state index in [1.54, 1.807) is 7.11 Å². The normalized spacial score (nSPS) is 49.6. The van der Waals surface area contributed by atoms with Crippen LogP contribution in [0.25, 0.3) is 0 Å². The highest BCUT2D eigenvalue weighted by Crippen LogP contribution is 2.81. The van der Waals surface area contributed by atoms with Crippen molar-refractivity contribution in [1.82, 2.24) is 9.80 Å². The third kappa shape index (κ3) is 2.77. The smallest absolute Gasteiger partial charge is 0.335 e. The molecule has 12 atom stereocenters. The summed E-state index contributed by atoms with van der Waals surface area (Å²) in [5.74, 6) is 1.08. The van der Waals surface area contributed by atoms with Gasteiger partial charge in [-0.15, -0.1) is 0 Å². The molecule has 10 fully saturated rings. The lowest BCUT2D eigenvalue weighted by atomic mass is 9.41. The topological polar surface area (TPSA) is 85.0 Å². The molecule has 10 nitrogen and oxygen atoms in total. The van der Waals surface area contributed by atoms with E-state index in [9.17, 15) is 4.79 Å². The van der Waals surface area contributed by atoms with Gasteiger partial charge in [-0.2, -0.15) is 0 Å². The summed E-state index contributed by atoms with van der Waals surface area (Å²) in [6, 6.07) is 16.2. The van der Waals surface area contributed by atoms with E-state index in [4.69, 9.17) is 23.7 Å². The van der Waals surface area contributed by atoms with Crippen molar-refractivity contribution in [1.29, 1.82) is 0 Å². The van der Waals surface area contributed by atoms with Crippen molar-refractivity contribution in [2.45, 2.75) is 98.4 Å². The maximum absolute atomic E-state index is 14.0. The Labute approximate surface area is 310 Å². The number of ether oxygens (including phenoxy) is 5. The Balaban J connectivity index is 1.03. The van der Waals surface area contributed by atoms with Crippen LogP contribution < -0.4 is 15.0 Å². The van der Waals surface area contributed by atoms with Crippen molar-refractivity contribution in [2.24, 2.45) is 22.2 Å². The predicted octanol–water partition coefficient (Wildman–Crippen LogP) is 4.53. The van der Waals surface area contributed by atoms with Crippen LogP contribution in [0.2, 0.25) is 0 Å². The number of hydrogen-bond acceptors (Lipinski definition) is 10. The summed E-state index contributed by atoms with van der Waals surface area (Å²) in [5.41, 5.74) is 5.61. The van der Waals surface area contributed by atoms with Gasteiger partial charge in [-0.1, -0.05) is 30.3 Å². The first-order valence-corrected chi connectivity index (χ1v) is 20.5. The summed E-state index contributed by atoms with van der Waals surface area (Å²) in [4.78, 5) is 22.5. The van der Waals surface area contributed by atoms with Crippen LogP contribution in [0, 0.1) is 22.2 Å². The lowest BCUT2D eigenvalue weighted by molar-refractivity contribution is -0.378. The summed E-state index contributed by atoms with van der Waals surface area (Å²) in [6.07, 6.45) is 8.27. The molecule has 1 N–H and O–H groups in total. The van der Waals surface area contributed by atoms with Gasteiger partial charge in [0.2, 0.25) is 0 Å². The molecule has 2 bridgehead atoms. The quantitative estimate of drug-likeness (QED) is 0.448. The van der Waals surface area contributed by atoms with Crippen LogP contribution in [0.5, 0.6) is 5.75 Å². The van der Waals surface area contributed by atoms with E-state index in [0.717, 1.165) is 100 Å². The predicted molar refractivity (Wildman–Crippen MR) is 193 cm³/mol. The van der Waals surface area contributed by atoms with Gasteiger partial charge in [0, 0.05) is 73.1 Å². The molecule has 13 aliphatic rings. The number of carbonyl (C=O) groups excluding carboxylic acids is 1. The summed E-state index contributed by atoms with van der Waals surface area (Å²) in [7, 11) is 3.39. The average Bonchev–Trinajstić information content (AvgIpc) is 4.04. The lowest BCUT2D eigenvalue weighted by Gasteiger charge is -2.77. The maximum atomic E-state index is 14.0. The summed E-state index contributed by atoms with van der Waals surface area (Å²) < 4.78 is 34.4. The Morgan fingerprint density at radius 3 is 2.64 bits per heavy atom. The maximum Gasteiger partial charge on any atom is 0.335 e. The number of anilines is 2. The first-order valence-electron chi connectivity index (χ1n) is 20.5. The zero-order valence-electron chi connectivity index (χ0n) is 30.7. The average molecular weight is 717 g/mol. The second-order valence-electron chi connectivity index (χ2n) is 19.0. The molecule has 276 valence electrons. The van der Waals surface area contributed by atoms with Crippen LogP contribution >= 0.6 is 0 Å². The molecule has 53 heavy (non-hydrogen) atoms. The Morgan fingerprint density at radius 2 is 1.74 bits per heavy atom. The van der Waals surface area contributed by atoms with Crippen LogP contribution in [0.1, 0.15) is 62.5 Å². The molecule has 0 radical (unpaired) electrons. The number of nitrogens with zero attached hydrogens (tertiary/aromatic N) is 3. The van der Waals surface area contributed by atoms with Gasteiger partial charge >= 0.3 is 5.97 Å². The Morgan fingerprint density at radius 1 is 0.887 bits per heavy atom. The van der Waals surface area contributed by atoms with E-state index in [-0.39, 0.29) is 51.4 Å². The van der Waals surface area contributed by atoms with Crippen molar-refractivity contribution in [2.75, 3.05) is 63.8 Å². The van der Waals surface area contributed by atoms with Gasteiger partial charge in [0.25, 0.3) is 0 Å². The molecule has 10 heteroatoms. The van der Waals surface area contributed by atoms with Crippen LogP contribution in [-0.4, -0.2) is 106 Å². The number of fused-ring (bicyclic) bond motifs is 2. The SMILES string of the molecule is COC(=O)C1=C2Nc3ccccc3[C@@]23CCN2[C@H]4O[C@@]56[C@@H]7C[C@@]4(CN5c4c(OC)cccc4[C@@]64CCN5CC[C@@H]6OCC[C@]6(C7)[C@H]54)[C@@H]4OCC[C@]4(C1)[C@H]23. The van der Waals surface area contributed by atoms with Crippen LogP contribution in [0.4, 0.5) is 11.4 Å². The summed E-state index contributed by atoms with van der Waals surface area (Å²) in [5, 5.41) is 3.83. The zero-order chi connectivity index (χ0) is 34.9. The number of para-hydroxylation sites is 2. The molecular weight excluding hydrogens is 668 g/mol. The second-order valence-corrected chi connectivity index (χ2v) is 19.0. The van der Waals surface area contributed by atoms with E-state index >= 15 is 0 Å². The molecule has 11 heterocycles. The fourth-order valence-corrected chi connectivity index (χ4v) is 17.3. The minimum atomic E-state index is -0.476. The lowest BCUT2D eigenvalue weighted by Crippen LogP contribution is -2.88. The summed E-state index contributed by atoms with van der Waals surface area (Å²) >= 11 is 0. The van der Waals surface area contributed by atoms with E-state index in [2.05, 4.69) is 62.5 Å². The monoisotopic (exact) mass is 716 g/mol. The van der Waals surface area contributed by atoms with E-state index in [1.165, 1.54) is 16.8 Å². The fraction of sp³-hybridized carbons (Fsp3) is 0.651. The number of hydrogen-bond donors (Lipinski definition) is 1. The largest absolute Gasteiger partial charge is 0.495 e. The first kappa shape index (κ1) is 30.1. The number of esters is 1. The molecule has 1 saturated carbocycles. The van der Waals surface area contributed by atoms with Gasteiger partial charge in [-0.3, -0.25) is 9.80 Å².